The van der Waals surface area contributed by atoms with E-state index in [1.165, 1.54) is 12.0 Å². The Kier molecular flexibility index (Phi) is 4.68. The first-order valence-electron chi connectivity index (χ1n) is 6.03. The standard InChI is InChI=1S/C13H16N2O3S/c1-18-13(17)14-8-12(16)15-10-6-7-19-11-5-3-2-4-9(10)11/h2-5,10H,6-8H2,1H3,(H,14,17)(H,15,16)/t10-/m1/s1. The van der Waals surface area contributed by atoms with Gasteiger partial charge in [-0.2, -0.15) is 0 Å². The molecule has 0 aliphatic carbocycles. The number of fused-ring (bicyclic) bond motifs is 1. The summed E-state index contributed by atoms with van der Waals surface area (Å²) in [5.74, 6) is 0.768. The van der Waals surface area contributed by atoms with Gasteiger partial charge in [-0.1, -0.05) is 18.2 Å². The SMILES string of the molecule is COC(=O)NCC(=O)N[C@@H]1CCSc2ccccc21. The zero-order valence-electron chi connectivity index (χ0n) is 10.6. The molecule has 1 aliphatic heterocycles. The molecule has 1 heterocycles. The number of ether oxygens (including phenoxy) is 1. The molecule has 0 fully saturated rings. The molecule has 0 bridgehead atoms. The normalized spacial score (nSPS) is 17.2. The Balaban J connectivity index is 1.93. The lowest BCUT2D eigenvalue weighted by atomic mass is 10.0. The van der Waals surface area contributed by atoms with Gasteiger partial charge in [0.2, 0.25) is 5.91 Å². The van der Waals surface area contributed by atoms with Crippen LogP contribution in [0.2, 0.25) is 0 Å². The number of alkyl carbamates (subject to hydrolysis) is 1. The van der Waals surface area contributed by atoms with Gasteiger partial charge in [0.25, 0.3) is 0 Å². The highest BCUT2D eigenvalue weighted by molar-refractivity contribution is 7.99. The van der Waals surface area contributed by atoms with Crippen LogP contribution in [0.15, 0.2) is 29.2 Å². The molecule has 6 heteroatoms. The third kappa shape index (κ3) is 3.64. The topological polar surface area (TPSA) is 67.4 Å². The minimum Gasteiger partial charge on any atom is -0.453 e. The molecule has 0 spiro atoms. The van der Waals surface area contributed by atoms with E-state index in [4.69, 9.17) is 0 Å². The van der Waals surface area contributed by atoms with Crippen LogP contribution in [0.4, 0.5) is 4.79 Å². The summed E-state index contributed by atoms with van der Waals surface area (Å²) in [7, 11) is 1.27. The van der Waals surface area contributed by atoms with Crippen LogP contribution in [0.1, 0.15) is 18.0 Å². The van der Waals surface area contributed by atoms with Crippen LogP contribution >= 0.6 is 11.8 Å². The summed E-state index contributed by atoms with van der Waals surface area (Å²) in [6, 6.07) is 8.07. The van der Waals surface area contributed by atoms with Crippen LogP contribution < -0.4 is 10.6 Å². The van der Waals surface area contributed by atoms with Crippen LogP contribution in [-0.4, -0.2) is 31.4 Å². The fourth-order valence-corrected chi connectivity index (χ4v) is 3.09. The number of nitrogens with one attached hydrogen (secondary N) is 2. The van der Waals surface area contributed by atoms with E-state index in [1.807, 2.05) is 18.2 Å². The molecule has 0 radical (unpaired) electrons. The van der Waals surface area contributed by atoms with Crippen molar-refractivity contribution in [2.75, 3.05) is 19.4 Å². The smallest absolute Gasteiger partial charge is 0.407 e. The Bertz CT molecular complexity index is 479. The van der Waals surface area contributed by atoms with Gasteiger partial charge in [0, 0.05) is 10.6 Å². The Morgan fingerprint density at radius 2 is 2.21 bits per heavy atom. The summed E-state index contributed by atoms with van der Waals surface area (Å²) < 4.78 is 4.41. The van der Waals surface area contributed by atoms with Gasteiger partial charge in [-0.15, -0.1) is 11.8 Å². The molecule has 5 nitrogen and oxygen atoms in total. The Hall–Kier alpha value is -1.69. The molecule has 2 N–H and O–H groups in total. The van der Waals surface area contributed by atoms with Gasteiger partial charge in [-0.05, 0) is 18.1 Å². The summed E-state index contributed by atoms with van der Waals surface area (Å²) in [5, 5.41) is 5.30. The monoisotopic (exact) mass is 280 g/mol. The van der Waals surface area contributed by atoms with Crippen molar-refractivity contribution >= 4 is 23.8 Å². The zero-order valence-corrected chi connectivity index (χ0v) is 11.5. The van der Waals surface area contributed by atoms with Gasteiger partial charge in [0.15, 0.2) is 0 Å². The molecule has 1 aromatic rings. The van der Waals surface area contributed by atoms with Crippen molar-refractivity contribution in [2.24, 2.45) is 0 Å². The lowest BCUT2D eigenvalue weighted by Gasteiger charge is -2.25. The van der Waals surface area contributed by atoms with Crippen molar-refractivity contribution in [3.8, 4) is 0 Å². The zero-order chi connectivity index (χ0) is 13.7. The van der Waals surface area contributed by atoms with Gasteiger partial charge in [-0.3, -0.25) is 4.79 Å². The van der Waals surface area contributed by atoms with Crippen LogP contribution in [0, 0.1) is 0 Å². The summed E-state index contributed by atoms with van der Waals surface area (Å²) in [6.07, 6.45) is 0.292. The fraction of sp³-hybridized carbons (Fsp3) is 0.385. The highest BCUT2D eigenvalue weighted by Gasteiger charge is 2.21. The number of methoxy groups -OCH3 is 1. The first-order valence-corrected chi connectivity index (χ1v) is 7.02. The number of hydrogen-bond donors (Lipinski definition) is 2. The van der Waals surface area contributed by atoms with Crippen molar-refractivity contribution in [1.29, 1.82) is 0 Å². The molecule has 0 unspecified atom stereocenters. The first kappa shape index (κ1) is 13.7. The summed E-state index contributed by atoms with van der Waals surface area (Å²) in [4.78, 5) is 23.9. The number of thioether (sulfide) groups is 1. The lowest BCUT2D eigenvalue weighted by molar-refractivity contribution is -0.121. The molecule has 2 amide bonds. The Labute approximate surface area is 116 Å². The van der Waals surface area contributed by atoms with Crippen molar-refractivity contribution in [1.82, 2.24) is 10.6 Å². The first-order chi connectivity index (χ1) is 9.20. The molecule has 1 aliphatic rings. The van der Waals surface area contributed by atoms with E-state index in [2.05, 4.69) is 21.4 Å². The second kappa shape index (κ2) is 6.47. The van der Waals surface area contributed by atoms with E-state index in [-0.39, 0.29) is 18.5 Å². The highest BCUT2D eigenvalue weighted by atomic mass is 32.2. The minimum absolute atomic E-state index is 0.0180. The maximum Gasteiger partial charge on any atom is 0.407 e. The number of carbonyl (C=O) groups excluding carboxylic acids is 2. The van der Waals surface area contributed by atoms with Crippen LogP contribution in [0.25, 0.3) is 0 Å². The Morgan fingerprint density at radius 1 is 1.42 bits per heavy atom. The summed E-state index contributed by atoms with van der Waals surface area (Å²) in [5.41, 5.74) is 1.14. The van der Waals surface area contributed by atoms with E-state index in [1.54, 1.807) is 11.8 Å². The van der Waals surface area contributed by atoms with Gasteiger partial charge in [0.05, 0.1) is 13.2 Å². The number of amides is 2. The predicted octanol–water partition coefficient (Wildman–Crippen LogP) is 1.70. The molecule has 0 saturated heterocycles. The second-order valence-electron chi connectivity index (χ2n) is 4.14. The molecule has 0 saturated carbocycles. The molecule has 19 heavy (non-hydrogen) atoms. The fourth-order valence-electron chi connectivity index (χ4n) is 1.96. The largest absolute Gasteiger partial charge is 0.453 e. The van der Waals surface area contributed by atoms with Gasteiger partial charge in [-0.25, -0.2) is 4.79 Å². The van der Waals surface area contributed by atoms with Crippen LogP contribution in [-0.2, 0) is 9.53 Å². The van der Waals surface area contributed by atoms with E-state index >= 15 is 0 Å². The third-order valence-corrected chi connectivity index (χ3v) is 4.00. The maximum atomic E-state index is 11.8. The summed E-state index contributed by atoms with van der Waals surface area (Å²) >= 11 is 1.80. The second-order valence-corrected chi connectivity index (χ2v) is 5.28. The average Bonchev–Trinajstić information content (AvgIpc) is 2.45. The number of benzene rings is 1. The highest BCUT2D eigenvalue weighted by Crippen LogP contribution is 2.35. The number of carbonyl (C=O) groups is 2. The van der Waals surface area contributed by atoms with Gasteiger partial charge in [0.1, 0.15) is 6.54 Å². The molecular formula is C13H16N2O3S. The van der Waals surface area contributed by atoms with Crippen molar-refractivity contribution in [2.45, 2.75) is 17.4 Å². The van der Waals surface area contributed by atoms with Gasteiger partial charge >= 0.3 is 6.09 Å². The maximum absolute atomic E-state index is 11.8. The number of hydrogen-bond acceptors (Lipinski definition) is 4. The van der Waals surface area contributed by atoms with Crippen LogP contribution in [0.3, 0.4) is 0 Å². The van der Waals surface area contributed by atoms with Gasteiger partial charge < -0.3 is 15.4 Å². The van der Waals surface area contributed by atoms with E-state index in [0.717, 1.165) is 17.7 Å². The minimum atomic E-state index is -0.602. The van der Waals surface area contributed by atoms with E-state index < -0.39 is 6.09 Å². The average molecular weight is 280 g/mol. The molecular weight excluding hydrogens is 264 g/mol. The van der Waals surface area contributed by atoms with Crippen molar-refractivity contribution in [3.63, 3.8) is 0 Å². The van der Waals surface area contributed by atoms with E-state index in [0.29, 0.717) is 0 Å². The predicted molar refractivity (Wildman–Crippen MR) is 73.1 cm³/mol. The molecule has 102 valence electrons. The molecule has 1 aromatic carbocycles. The van der Waals surface area contributed by atoms with Crippen LogP contribution in [0.5, 0.6) is 0 Å². The van der Waals surface area contributed by atoms with Crippen molar-refractivity contribution in [3.05, 3.63) is 29.8 Å². The lowest BCUT2D eigenvalue weighted by Crippen LogP contribution is -2.39. The quantitative estimate of drug-likeness (QED) is 0.884. The van der Waals surface area contributed by atoms with E-state index in [9.17, 15) is 9.59 Å². The summed E-state index contributed by atoms with van der Waals surface area (Å²) in [6.45, 7) is -0.0709. The molecule has 1 atom stereocenters. The Morgan fingerprint density at radius 3 is 3.00 bits per heavy atom. The van der Waals surface area contributed by atoms with Crippen molar-refractivity contribution < 1.29 is 14.3 Å². The third-order valence-electron chi connectivity index (χ3n) is 2.87. The number of rotatable bonds is 3. The molecule has 2 rings (SSSR count). The molecule has 0 aromatic heterocycles.